The van der Waals surface area contributed by atoms with E-state index in [1.54, 1.807) is 0 Å². The van der Waals surface area contributed by atoms with E-state index in [0.717, 1.165) is 0 Å². The second kappa shape index (κ2) is 3.08. The molecule has 0 atom stereocenters. The highest BCUT2D eigenvalue weighted by atomic mass is 14.8. The van der Waals surface area contributed by atoms with Gasteiger partial charge in [-0.05, 0) is 31.2 Å². The van der Waals surface area contributed by atoms with Crippen LogP contribution >= 0.6 is 0 Å². The Bertz CT molecular complexity index is 345. The maximum Gasteiger partial charge on any atom is 0.0252 e. The van der Waals surface area contributed by atoms with Crippen molar-refractivity contribution < 1.29 is 0 Å². The quantitative estimate of drug-likeness (QED) is 0.782. The second-order valence-electron chi connectivity index (χ2n) is 5.31. The van der Waals surface area contributed by atoms with E-state index in [4.69, 9.17) is 5.73 Å². The van der Waals surface area contributed by atoms with Crippen LogP contribution in [0.25, 0.3) is 0 Å². The minimum Gasteiger partial charge on any atom is -0.324 e. The molecule has 2 saturated carbocycles. The summed E-state index contributed by atoms with van der Waals surface area (Å²) in [6, 6.07) is 10.9. The van der Waals surface area contributed by atoms with Crippen molar-refractivity contribution in [2.75, 3.05) is 0 Å². The van der Waals surface area contributed by atoms with Gasteiger partial charge in [0.05, 0.1) is 0 Å². The van der Waals surface area contributed by atoms with E-state index in [-0.39, 0.29) is 5.54 Å². The summed E-state index contributed by atoms with van der Waals surface area (Å²) in [6.45, 7) is 0. The van der Waals surface area contributed by atoms with Gasteiger partial charge in [0.2, 0.25) is 0 Å². The van der Waals surface area contributed by atoms with E-state index < -0.39 is 0 Å². The number of hydrogen-bond acceptors (Lipinski definition) is 1. The molecule has 0 radical (unpaired) electrons. The first-order valence-corrected chi connectivity index (χ1v) is 6.11. The molecule has 0 spiro atoms. The lowest BCUT2D eigenvalue weighted by molar-refractivity contribution is 0.333. The topological polar surface area (TPSA) is 26.0 Å². The zero-order valence-corrected chi connectivity index (χ0v) is 9.21. The minimum absolute atomic E-state index is 0.106. The summed E-state index contributed by atoms with van der Waals surface area (Å²) in [4.78, 5) is 0. The molecular formula is C14H19N. The Balaban J connectivity index is 1.97. The predicted molar refractivity (Wildman–Crippen MR) is 62.7 cm³/mol. The molecule has 0 unspecified atom stereocenters. The first kappa shape index (κ1) is 9.41. The van der Waals surface area contributed by atoms with Crippen LogP contribution in [0.5, 0.6) is 0 Å². The van der Waals surface area contributed by atoms with Crippen LogP contribution in [0.4, 0.5) is 0 Å². The first-order valence-electron chi connectivity index (χ1n) is 6.11. The molecule has 0 aromatic heterocycles. The van der Waals surface area contributed by atoms with Crippen LogP contribution in [0.15, 0.2) is 30.3 Å². The predicted octanol–water partition coefficient (Wildman–Crippen LogP) is 2.99. The molecule has 15 heavy (non-hydrogen) atoms. The minimum atomic E-state index is 0.106. The molecule has 80 valence electrons. The molecule has 0 aliphatic heterocycles. The molecule has 0 amide bonds. The molecule has 1 aromatic carbocycles. The van der Waals surface area contributed by atoms with Gasteiger partial charge in [0.15, 0.2) is 0 Å². The molecule has 2 aliphatic rings. The van der Waals surface area contributed by atoms with Gasteiger partial charge in [0, 0.05) is 11.0 Å². The van der Waals surface area contributed by atoms with Crippen LogP contribution in [0.2, 0.25) is 0 Å². The molecule has 3 rings (SSSR count). The summed E-state index contributed by atoms with van der Waals surface area (Å²) in [5, 5.41) is 0. The highest BCUT2D eigenvalue weighted by Crippen LogP contribution is 2.59. The van der Waals surface area contributed by atoms with Crippen molar-refractivity contribution in [3.8, 4) is 0 Å². The molecule has 1 heteroatoms. The van der Waals surface area contributed by atoms with Crippen molar-refractivity contribution in [3.05, 3.63) is 35.9 Å². The van der Waals surface area contributed by atoms with Crippen molar-refractivity contribution in [1.29, 1.82) is 0 Å². The zero-order chi connectivity index (χ0) is 10.4. The lowest BCUT2D eigenvalue weighted by atomic mass is 9.75. The highest BCUT2D eigenvalue weighted by molar-refractivity contribution is 5.37. The van der Waals surface area contributed by atoms with Gasteiger partial charge < -0.3 is 5.73 Å². The standard InChI is InChI=1S/C14H19N/c15-14(8-4-5-9-14)13(10-11-13)12-6-2-1-3-7-12/h1-3,6-7H,4-5,8-11,15H2. The summed E-state index contributed by atoms with van der Waals surface area (Å²) in [5.41, 5.74) is 8.56. The number of nitrogens with two attached hydrogens (primary N) is 1. The van der Waals surface area contributed by atoms with Crippen molar-refractivity contribution in [2.45, 2.75) is 49.5 Å². The average molecular weight is 201 g/mol. The Labute approximate surface area is 91.7 Å². The van der Waals surface area contributed by atoms with Crippen LogP contribution in [0.1, 0.15) is 44.1 Å². The normalized spacial score (nSPS) is 26.5. The lowest BCUT2D eigenvalue weighted by Gasteiger charge is -2.35. The van der Waals surface area contributed by atoms with E-state index in [2.05, 4.69) is 30.3 Å². The maximum absolute atomic E-state index is 6.63. The van der Waals surface area contributed by atoms with Crippen LogP contribution in [0.3, 0.4) is 0 Å². The molecular weight excluding hydrogens is 182 g/mol. The summed E-state index contributed by atoms with van der Waals surface area (Å²) in [5.74, 6) is 0. The van der Waals surface area contributed by atoms with Crippen LogP contribution in [-0.4, -0.2) is 5.54 Å². The van der Waals surface area contributed by atoms with Gasteiger partial charge in [-0.1, -0.05) is 43.2 Å². The summed E-state index contributed by atoms with van der Waals surface area (Å²) in [6.07, 6.45) is 7.70. The van der Waals surface area contributed by atoms with Gasteiger partial charge in [0.1, 0.15) is 0 Å². The zero-order valence-electron chi connectivity index (χ0n) is 9.21. The molecule has 1 aromatic rings. The van der Waals surface area contributed by atoms with E-state index in [9.17, 15) is 0 Å². The van der Waals surface area contributed by atoms with Crippen molar-refractivity contribution >= 4 is 0 Å². The van der Waals surface area contributed by atoms with Gasteiger partial charge in [-0.25, -0.2) is 0 Å². The maximum atomic E-state index is 6.63. The monoisotopic (exact) mass is 201 g/mol. The Morgan fingerprint density at radius 1 is 0.867 bits per heavy atom. The molecule has 2 N–H and O–H groups in total. The summed E-state index contributed by atoms with van der Waals surface area (Å²) in [7, 11) is 0. The molecule has 1 nitrogen and oxygen atoms in total. The molecule has 0 saturated heterocycles. The second-order valence-corrected chi connectivity index (χ2v) is 5.31. The number of rotatable bonds is 2. The Hall–Kier alpha value is -0.820. The largest absolute Gasteiger partial charge is 0.324 e. The van der Waals surface area contributed by atoms with E-state index >= 15 is 0 Å². The lowest BCUT2D eigenvalue weighted by Crippen LogP contribution is -2.48. The SMILES string of the molecule is NC1(C2(c3ccccc3)CC2)CCCC1. The Morgan fingerprint density at radius 2 is 1.47 bits per heavy atom. The summed E-state index contributed by atoms with van der Waals surface area (Å²) < 4.78 is 0. The fourth-order valence-electron chi connectivity index (χ4n) is 3.44. The Kier molecular flexibility index (Phi) is 1.93. The van der Waals surface area contributed by atoms with Crippen LogP contribution in [-0.2, 0) is 5.41 Å². The van der Waals surface area contributed by atoms with Gasteiger partial charge in [-0.3, -0.25) is 0 Å². The fourth-order valence-corrected chi connectivity index (χ4v) is 3.44. The smallest absolute Gasteiger partial charge is 0.0252 e. The third-order valence-corrected chi connectivity index (χ3v) is 4.53. The number of benzene rings is 1. The molecule has 0 bridgehead atoms. The van der Waals surface area contributed by atoms with Crippen LogP contribution in [0, 0.1) is 0 Å². The third kappa shape index (κ3) is 1.26. The van der Waals surface area contributed by atoms with E-state index in [1.165, 1.54) is 44.1 Å². The molecule has 2 aliphatic carbocycles. The average Bonchev–Trinajstić information content (AvgIpc) is 2.99. The van der Waals surface area contributed by atoms with Gasteiger partial charge in [-0.15, -0.1) is 0 Å². The highest BCUT2D eigenvalue weighted by Gasteiger charge is 2.58. The van der Waals surface area contributed by atoms with Gasteiger partial charge in [0.25, 0.3) is 0 Å². The fraction of sp³-hybridized carbons (Fsp3) is 0.571. The molecule has 0 heterocycles. The van der Waals surface area contributed by atoms with Crippen molar-refractivity contribution in [3.63, 3.8) is 0 Å². The van der Waals surface area contributed by atoms with Crippen molar-refractivity contribution in [1.82, 2.24) is 0 Å². The first-order chi connectivity index (χ1) is 7.27. The third-order valence-electron chi connectivity index (χ3n) is 4.53. The Morgan fingerprint density at radius 3 is 2.00 bits per heavy atom. The van der Waals surface area contributed by atoms with E-state index in [0.29, 0.717) is 5.41 Å². The van der Waals surface area contributed by atoms with Crippen LogP contribution < -0.4 is 5.73 Å². The number of hydrogen-bond donors (Lipinski definition) is 1. The summed E-state index contributed by atoms with van der Waals surface area (Å²) >= 11 is 0. The molecule has 2 fully saturated rings. The van der Waals surface area contributed by atoms with Gasteiger partial charge >= 0.3 is 0 Å². The van der Waals surface area contributed by atoms with Crippen molar-refractivity contribution in [2.24, 2.45) is 5.73 Å². The van der Waals surface area contributed by atoms with Gasteiger partial charge in [-0.2, -0.15) is 0 Å². The van der Waals surface area contributed by atoms with E-state index in [1.807, 2.05) is 0 Å².